The average molecular weight is 169 g/mol. The summed E-state index contributed by atoms with van der Waals surface area (Å²) in [5.41, 5.74) is 0.846. The summed E-state index contributed by atoms with van der Waals surface area (Å²) in [4.78, 5) is 14.0. The molecule has 0 bridgehead atoms. The Morgan fingerprint density at radius 2 is 2.42 bits per heavy atom. The van der Waals surface area contributed by atoms with Crippen molar-refractivity contribution >= 4 is 5.97 Å². The number of carboxylic acids is 1. The topological polar surface area (TPSA) is 50.2 Å². The third kappa shape index (κ3) is 2.30. The van der Waals surface area contributed by atoms with Gasteiger partial charge in [-0.05, 0) is 17.7 Å². The van der Waals surface area contributed by atoms with Gasteiger partial charge in [0.25, 0.3) is 0 Å². The molecule has 0 aliphatic carbocycles. The summed E-state index contributed by atoms with van der Waals surface area (Å²) in [5.74, 6) is -0.925. The van der Waals surface area contributed by atoms with Crippen LogP contribution in [0.4, 0.5) is 4.39 Å². The lowest BCUT2D eigenvalue weighted by Crippen LogP contribution is -2.00. The number of alkyl halides is 1. The molecule has 0 spiro atoms. The molecule has 0 saturated heterocycles. The average Bonchev–Trinajstić information content (AvgIpc) is 2.03. The van der Waals surface area contributed by atoms with Crippen LogP contribution in [-0.2, 0) is 17.9 Å². The number of carbonyl (C=O) groups is 1. The molecular weight excluding hydrogens is 161 g/mol. The van der Waals surface area contributed by atoms with E-state index in [1.54, 1.807) is 6.07 Å². The van der Waals surface area contributed by atoms with Gasteiger partial charge in [-0.3, -0.25) is 9.78 Å². The summed E-state index contributed by atoms with van der Waals surface area (Å²) < 4.78 is 12.0. The quantitative estimate of drug-likeness (QED) is 0.739. The highest BCUT2D eigenvalue weighted by molar-refractivity contribution is 5.70. The first-order chi connectivity index (χ1) is 5.72. The zero-order valence-corrected chi connectivity index (χ0v) is 6.33. The van der Waals surface area contributed by atoms with Crippen LogP contribution in [0, 0.1) is 0 Å². The number of carboxylic acid groups (broad SMARTS) is 1. The summed E-state index contributed by atoms with van der Waals surface area (Å²) >= 11 is 0. The third-order valence-electron chi connectivity index (χ3n) is 1.37. The lowest BCUT2D eigenvalue weighted by atomic mass is 10.2. The SMILES string of the molecule is O=C(O)Cc1ccnc(CF)c1. The Labute approximate surface area is 68.9 Å². The standard InChI is InChI=1S/C8H8FNO2/c9-5-7-3-6(1-2-10-7)4-8(11)12/h1-3H,4-5H2,(H,11,12). The highest BCUT2D eigenvalue weighted by Crippen LogP contribution is 2.03. The zero-order valence-electron chi connectivity index (χ0n) is 6.33. The number of hydrogen-bond donors (Lipinski definition) is 1. The van der Waals surface area contributed by atoms with Crippen LogP contribution in [0.25, 0.3) is 0 Å². The Bertz CT molecular complexity index is 288. The fourth-order valence-electron chi connectivity index (χ4n) is 0.886. The molecule has 1 heterocycles. The predicted octanol–water partition coefficient (Wildman–Crippen LogP) is 1.18. The molecule has 1 aromatic heterocycles. The second-order valence-electron chi connectivity index (χ2n) is 2.36. The van der Waals surface area contributed by atoms with Crippen molar-refractivity contribution < 1.29 is 14.3 Å². The van der Waals surface area contributed by atoms with Crippen molar-refractivity contribution in [3.63, 3.8) is 0 Å². The second kappa shape index (κ2) is 3.80. The van der Waals surface area contributed by atoms with Gasteiger partial charge in [0.2, 0.25) is 0 Å². The smallest absolute Gasteiger partial charge is 0.307 e. The number of hydrogen-bond acceptors (Lipinski definition) is 2. The van der Waals surface area contributed by atoms with E-state index in [-0.39, 0.29) is 12.1 Å². The number of aromatic nitrogens is 1. The molecule has 0 radical (unpaired) electrons. The maximum atomic E-state index is 12.0. The predicted molar refractivity (Wildman–Crippen MR) is 40.4 cm³/mol. The van der Waals surface area contributed by atoms with E-state index in [0.29, 0.717) is 5.56 Å². The molecule has 0 aliphatic rings. The molecule has 1 aromatic rings. The van der Waals surface area contributed by atoms with Crippen LogP contribution in [0.5, 0.6) is 0 Å². The molecule has 1 N–H and O–H groups in total. The van der Waals surface area contributed by atoms with E-state index in [1.807, 2.05) is 0 Å². The van der Waals surface area contributed by atoms with Crippen molar-refractivity contribution in [2.45, 2.75) is 13.1 Å². The van der Waals surface area contributed by atoms with E-state index in [1.165, 1.54) is 12.3 Å². The molecule has 0 unspecified atom stereocenters. The number of aliphatic carboxylic acids is 1. The summed E-state index contributed by atoms with van der Waals surface area (Å²) in [6.45, 7) is -0.659. The lowest BCUT2D eigenvalue weighted by molar-refractivity contribution is -0.136. The van der Waals surface area contributed by atoms with Gasteiger partial charge in [-0.2, -0.15) is 0 Å². The van der Waals surface area contributed by atoms with Crippen molar-refractivity contribution in [1.82, 2.24) is 4.98 Å². The fourth-order valence-corrected chi connectivity index (χ4v) is 0.886. The van der Waals surface area contributed by atoms with Crippen molar-refractivity contribution in [3.05, 3.63) is 29.6 Å². The summed E-state index contributed by atoms with van der Waals surface area (Å²) in [6, 6.07) is 3.02. The Kier molecular flexibility index (Phi) is 2.74. The third-order valence-corrected chi connectivity index (χ3v) is 1.37. The van der Waals surface area contributed by atoms with Gasteiger partial charge in [-0.1, -0.05) is 0 Å². The van der Waals surface area contributed by atoms with E-state index < -0.39 is 12.6 Å². The van der Waals surface area contributed by atoms with Crippen LogP contribution in [0.15, 0.2) is 18.3 Å². The maximum Gasteiger partial charge on any atom is 0.307 e. The summed E-state index contributed by atoms with van der Waals surface area (Å²) in [6.07, 6.45) is 1.32. The molecule has 0 fully saturated rings. The van der Waals surface area contributed by atoms with Crippen LogP contribution in [0.2, 0.25) is 0 Å². The van der Waals surface area contributed by atoms with Gasteiger partial charge < -0.3 is 5.11 Å². The van der Waals surface area contributed by atoms with Gasteiger partial charge in [-0.25, -0.2) is 4.39 Å². The molecule has 0 atom stereocenters. The van der Waals surface area contributed by atoms with Crippen LogP contribution < -0.4 is 0 Å². The first-order valence-corrected chi connectivity index (χ1v) is 3.44. The second-order valence-corrected chi connectivity index (χ2v) is 2.36. The number of nitrogens with zero attached hydrogens (tertiary/aromatic N) is 1. The van der Waals surface area contributed by atoms with Gasteiger partial charge in [-0.15, -0.1) is 0 Å². The van der Waals surface area contributed by atoms with E-state index >= 15 is 0 Å². The number of rotatable bonds is 3. The first-order valence-electron chi connectivity index (χ1n) is 3.44. The minimum Gasteiger partial charge on any atom is -0.481 e. The Balaban J connectivity index is 2.79. The van der Waals surface area contributed by atoms with Crippen LogP contribution >= 0.6 is 0 Å². The largest absolute Gasteiger partial charge is 0.481 e. The fraction of sp³-hybridized carbons (Fsp3) is 0.250. The van der Waals surface area contributed by atoms with Gasteiger partial charge in [0, 0.05) is 6.20 Å². The first kappa shape index (κ1) is 8.64. The molecule has 4 heteroatoms. The van der Waals surface area contributed by atoms with Crippen molar-refractivity contribution in [2.24, 2.45) is 0 Å². The zero-order chi connectivity index (χ0) is 8.97. The summed E-state index contributed by atoms with van der Waals surface area (Å²) in [7, 11) is 0. The monoisotopic (exact) mass is 169 g/mol. The minimum atomic E-state index is -0.925. The minimum absolute atomic E-state index is 0.0878. The van der Waals surface area contributed by atoms with Crippen LogP contribution in [0.1, 0.15) is 11.3 Å². The maximum absolute atomic E-state index is 12.0. The summed E-state index contributed by atoms with van der Waals surface area (Å²) in [5, 5.41) is 8.42. The molecule has 3 nitrogen and oxygen atoms in total. The Hall–Kier alpha value is -1.45. The van der Waals surface area contributed by atoms with Gasteiger partial charge >= 0.3 is 5.97 Å². The van der Waals surface area contributed by atoms with Crippen molar-refractivity contribution in [1.29, 1.82) is 0 Å². The molecule has 1 rings (SSSR count). The van der Waals surface area contributed by atoms with Crippen LogP contribution in [-0.4, -0.2) is 16.1 Å². The molecular formula is C8H8FNO2. The Morgan fingerprint density at radius 3 is 3.00 bits per heavy atom. The molecule has 64 valence electrons. The van der Waals surface area contributed by atoms with E-state index in [0.717, 1.165) is 0 Å². The van der Waals surface area contributed by atoms with Crippen molar-refractivity contribution in [2.75, 3.05) is 0 Å². The normalized spacial score (nSPS) is 9.75. The van der Waals surface area contributed by atoms with E-state index in [9.17, 15) is 9.18 Å². The Morgan fingerprint density at radius 1 is 1.67 bits per heavy atom. The van der Waals surface area contributed by atoms with Crippen molar-refractivity contribution in [3.8, 4) is 0 Å². The molecule has 0 aliphatic heterocycles. The van der Waals surface area contributed by atoms with Gasteiger partial charge in [0.15, 0.2) is 0 Å². The van der Waals surface area contributed by atoms with E-state index in [2.05, 4.69) is 4.98 Å². The molecule has 0 saturated carbocycles. The molecule has 0 amide bonds. The lowest BCUT2D eigenvalue weighted by Gasteiger charge is -1.97. The van der Waals surface area contributed by atoms with Gasteiger partial charge in [0.1, 0.15) is 6.67 Å². The number of pyridine rings is 1. The molecule has 0 aromatic carbocycles. The highest BCUT2D eigenvalue weighted by Gasteiger charge is 2.01. The molecule has 12 heavy (non-hydrogen) atoms. The van der Waals surface area contributed by atoms with Crippen LogP contribution in [0.3, 0.4) is 0 Å². The number of halogens is 1. The van der Waals surface area contributed by atoms with E-state index in [4.69, 9.17) is 5.11 Å². The van der Waals surface area contributed by atoms with Gasteiger partial charge in [0.05, 0.1) is 12.1 Å². The highest BCUT2D eigenvalue weighted by atomic mass is 19.1.